The third-order valence-electron chi connectivity index (χ3n) is 2.82. The molecule has 0 spiro atoms. The lowest BCUT2D eigenvalue weighted by Gasteiger charge is -2.10. The highest BCUT2D eigenvalue weighted by Crippen LogP contribution is 2.22. The van der Waals surface area contributed by atoms with Crippen LogP contribution in [0.15, 0.2) is 18.3 Å². The van der Waals surface area contributed by atoms with E-state index in [-0.39, 0.29) is 11.6 Å². The number of nitrogens with one attached hydrogen (secondary N) is 1. The van der Waals surface area contributed by atoms with Gasteiger partial charge in [-0.05, 0) is 36.0 Å². The van der Waals surface area contributed by atoms with Gasteiger partial charge in [0.1, 0.15) is 5.69 Å². The monoisotopic (exact) mass is 266 g/mol. The van der Waals surface area contributed by atoms with Gasteiger partial charge in [0.15, 0.2) is 0 Å². The van der Waals surface area contributed by atoms with E-state index >= 15 is 0 Å². The van der Waals surface area contributed by atoms with Crippen molar-refractivity contribution in [3.05, 3.63) is 29.6 Å². The van der Waals surface area contributed by atoms with E-state index in [0.29, 0.717) is 18.0 Å². The minimum Gasteiger partial charge on any atom is -0.477 e. The molecule has 1 aliphatic heterocycles. The topological polar surface area (TPSA) is 79.3 Å². The number of rotatable bonds is 4. The molecule has 2 heterocycles. The molecular weight excluding hydrogens is 252 g/mol. The van der Waals surface area contributed by atoms with Gasteiger partial charge in [-0.3, -0.25) is 4.79 Å². The Hall–Kier alpha value is -1.56. The Morgan fingerprint density at radius 3 is 3.06 bits per heavy atom. The highest BCUT2D eigenvalue weighted by Gasteiger charge is 2.17. The molecule has 1 fully saturated rings. The van der Waals surface area contributed by atoms with Crippen molar-refractivity contribution in [3.8, 4) is 0 Å². The van der Waals surface area contributed by atoms with Gasteiger partial charge in [-0.2, -0.15) is 11.8 Å². The van der Waals surface area contributed by atoms with Crippen LogP contribution in [0.25, 0.3) is 0 Å². The smallest absolute Gasteiger partial charge is 0.354 e. The molecule has 1 saturated heterocycles. The van der Waals surface area contributed by atoms with Gasteiger partial charge in [0.2, 0.25) is 0 Å². The van der Waals surface area contributed by atoms with Crippen molar-refractivity contribution in [1.29, 1.82) is 0 Å². The van der Waals surface area contributed by atoms with Gasteiger partial charge < -0.3 is 10.4 Å². The summed E-state index contributed by atoms with van der Waals surface area (Å²) in [5.41, 5.74) is 0.229. The van der Waals surface area contributed by atoms with E-state index in [2.05, 4.69) is 10.3 Å². The maximum atomic E-state index is 11.8. The van der Waals surface area contributed by atoms with Crippen molar-refractivity contribution in [2.24, 2.45) is 5.92 Å². The van der Waals surface area contributed by atoms with E-state index in [9.17, 15) is 9.59 Å². The maximum absolute atomic E-state index is 11.8. The van der Waals surface area contributed by atoms with Crippen LogP contribution in [0.3, 0.4) is 0 Å². The van der Waals surface area contributed by atoms with Crippen molar-refractivity contribution in [2.75, 3.05) is 18.1 Å². The largest absolute Gasteiger partial charge is 0.477 e. The van der Waals surface area contributed by atoms with E-state index in [1.165, 1.54) is 18.3 Å². The van der Waals surface area contributed by atoms with E-state index in [1.807, 2.05) is 11.8 Å². The lowest BCUT2D eigenvalue weighted by molar-refractivity contribution is 0.0690. The zero-order chi connectivity index (χ0) is 13.0. The van der Waals surface area contributed by atoms with Gasteiger partial charge in [-0.25, -0.2) is 9.78 Å². The van der Waals surface area contributed by atoms with Crippen molar-refractivity contribution in [1.82, 2.24) is 10.3 Å². The van der Waals surface area contributed by atoms with Gasteiger partial charge in [0.25, 0.3) is 5.91 Å². The summed E-state index contributed by atoms with van der Waals surface area (Å²) in [5, 5.41) is 11.6. The molecule has 1 aromatic heterocycles. The van der Waals surface area contributed by atoms with Crippen molar-refractivity contribution < 1.29 is 14.7 Å². The first-order chi connectivity index (χ1) is 8.66. The van der Waals surface area contributed by atoms with Gasteiger partial charge in [-0.1, -0.05) is 0 Å². The number of thioether (sulfide) groups is 1. The van der Waals surface area contributed by atoms with Crippen LogP contribution < -0.4 is 5.32 Å². The lowest BCUT2D eigenvalue weighted by Crippen LogP contribution is -2.29. The normalized spacial score (nSPS) is 18.6. The predicted molar refractivity (Wildman–Crippen MR) is 69.0 cm³/mol. The summed E-state index contributed by atoms with van der Waals surface area (Å²) in [6.45, 7) is 0.649. The maximum Gasteiger partial charge on any atom is 0.354 e. The first kappa shape index (κ1) is 12.9. The Kier molecular flexibility index (Phi) is 4.19. The molecule has 1 atom stereocenters. The predicted octanol–water partition coefficient (Wildman–Crippen LogP) is 1.26. The second kappa shape index (κ2) is 5.86. The number of carboxylic acid groups (broad SMARTS) is 1. The third-order valence-corrected chi connectivity index (χ3v) is 4.05. The standard InChI is InChI=1S/C12H14N2O3S/c15-11(14-6-8-2-4-18-7-8)9-1-3-13-10(5-9)12(16)17/h1,3,5,8H,2,4,6-7H2,(H,14,15)(H,16,17). The summed E-state index contributed by atoms with van der Waals surface area (Å²) in [6, 6.07) is 2.81. The molecule has 1 aliphatic rings. The SMILES string of the molecule is O=C(NCC1CCSC1)c1ccnc(C(=O)O)c1. The van der Waals surface area contributed by atoms with Gasteiger partial charge in [-0.15, -0.1) is 0 Å². The first-order valence-electron chi connectivity index (χ1n) is 5.72. The summed E-state index contributed by atoms with van der Waals surface area (Å²) in [5.74, 6) is 1.39. The van der Waals surface area contributed by atoms with Crippen LogP contribution in [0.2, 0.25) is 0 Å². The summed E-state index contributed by atoms with van der Waals surface area (Å²) < 4.78 is 0. The number of hydrogen-bond donors (Lipinski definition) is 2. The third kappa shape index (κ3) is 3.22. The van der Waals surface area contributed by atoms with E-state index in [4.69, 9.17) is 5.11 Å². The Balaban J connectivity index is 1.95. The molecule has 1 aromatic rings. The Labute approximate surface area is 109 Å². The number of carbonyl (C=O) groups excluding carboxylic acids is 1. The van der Waals surface area contributed by atoms with Crippen molar-refractivity contribution in [2.45, 2.75) is 6.42 Å². The molecular formula is C12H14N2O3S. The number of nitrogens with zero attached hydrogens (tertiary/aromatic N) is 1. The number of aromatic carboxylic acids is 1. The number of carboxylic acids is 1. The van der Waals surface area contributed by atoms with Crippen molar-refractivity contribution >= 4 is 23.6 Å². The van der Waals surface area contributed by atoms with Gasteiger partial charge in [0.05, 0.1) is 0 Å². The van der Waals surface area contributed by atoms with E-state index < -0.39 is 5.97 Å². The minimum atomic E-state index is -1.13. The minimum absolute atomic E-state index is 0.112. The van der Waals surface area contributed by atoms with Crippen molar-refractivity contribution in [3.63, 3.8) is 0 Å². The number of carbonyl (C=O) groups is 2. The molecule has 18 heavy (non-hydrogen) atoms. The molecule has 2 rings (SSSR count). The number of amides is 1. The van der Waals surface area contributed by atoms with Crippen LogP contribution in [0, 0.1) is 5.92 Å². The fraction of sp³-hybridized carbons (Fsp3) is 0.417. The summed E-state index contributed by atoms with van der Waals surface area (Å²) in [7, 11) is 0. The Morgan fingerprint density at radius 1 is 1.56 bits per heavy atom. The second-order valence-electron chi connectivity index (χ2n) is 4.17. The molecule has 1 unspecified atom stereocenters. The van der Waals surface area contributed by atoms with E-state index in [1.54, 1.807) is 0 Å². The zero-order valence-electron chi connectivity index (χ0n) is 9.76. The average Bonchev–Trinajstić information content (AvgIpc) is 2.89. The number of aromatic nitrogens is 1. The average molecular weight is 266 g/mol. The van der Waals surface area contributed by atoms with E-state index in [0.717, 1.165) is 17.9 Å². The van der Waals surface area contributed by atoms with Crippen LogP contribution in [0.1, 0.15) is 27.3 Å². The molecule has 0 bridgehead atoms. The lowest BCUT2D eigenvalue weighted by atomic mass is 10.1. The van der Waals surface area contributed by atoms with Crippen LogP contribution in [0.4, 0.5) is 0 Å². The molecule has 0 radical (unpaired) electrons. The Bertz CT molecular complexity index is 458. The van der Waals surface area contributed by atoms with Crippen LogP contribution >= 0.6 is 11.8 Å². The highest BCUT2D eigenvalue weighted by molar-refractivity contribution is 7.99. The van der Waals surface area contributed by atoms with Crippen LogP contribution in [-0.4, -0.2) is 40.0 Å². The molecule has 0 aromatic carbocycles. The summed E-state index contributed by atoms with van der Waals surface area (Å²) >= 11 is 1.90. The summed E-state index contributed by atoms with van der Waals surface area (Å²) in [4.78, 5) is 26.3. The van der Waals surface area contributed by atoms with Crippen LogP contribution in [-0.2, 0) is 0 Å². The molecule has 1 amide bonds. The highest BCUT2D eigenvalue weighted by atomic mass is 32.2. The summed E-state index contributed by atoms with van der Waals surface area (Å²) in [6.07, 6.45) is 2.46. The quantitative estimate of drug-likeness (QED) is 0.857. The van der Waals surface area contributed by atoms with Gasteiger partial charge >= 0.3 is 5.97 Å². The fourth-order valence-corrected chi connectivity index (χ4v) is 3.06. The first-order valence-corrected chi connectivity index (χ1v) is 6.87. The molecule has 0 aliphatic carbocycles. The number of pyridine rings is 1. The molecule has 5 nitrogen and oxygen atoms in total. The number of hydrogen-bond acceptors (Lipinski definition) is 4. The molecule has 0 saturated carbocycles. The van der Waals surface area contributed by atoms with Crippen LogP contribution in [0.5, 0.6) is 0 Å². The second-order valence-corrected chi connectivity index (χ2v) is 5.32. The Morgan fingerprint density at radius 2 is 2.39 bits per heavy atom. The molecule has 2 N–H and O–H groups in total. The fourth-order valence-electron chi connectivity index (χ4n) is 1.77. The van der Waals surface area contributed by atoms with Gasteiger partial charge in [0, 0.05) is 18.3 Å². The zero-order valence-corrected chi connectivity index (χ0v) is 10.6. The molecule has 96 valence electrons. The molecule has 6 heteroatoms.